The van der Waals surface area contributed by atoms with E-state index in [2.05, 4.69) is 9.88 Å². The molecule has 1 fully saturated rings. The lowest BCUT2D eigenvalue weighted by atomic mass is 10.1. The number of likely N-dealkylation sites (tertiary alicyclic amines) is 1. The number of aromatic nitrogens is 4. The third-order valence-corrected chi connectivity index (χ3v) is 7.90. The molecule has 1 N–H and O–H groups in total. The standard InChI is InChI=1S/C25H29N5O3S/c1-17-20(27-24(26-17)18-11-13-19(14-12-18)34(3,32)33)16-29-15-7-6-10-23(29)30-22-9-5-4-8-21(22)28(2)25(30)31/h4-5,8-9,11-14,23H,6-7,10,15-16H2,1-3H3,(H,26,27). The summed E-state index contributed by atoms with van der Waals surface area (Å²) in [5, 5.41) is 0. The minimum Gasteiger partial charge on any atom is -0.342 e. The van der Waals surface area contributed by atoms with E-state index >= 15 is 0 Å². The predicted molar refractivity (Wildman–Crippen MR) is 132 cm³/mol. The Morgan fingerprint density at radius 2 is 1.76 bits per heavy atom. The summed E-state index contributed by atoms with van der Waals surface area (Å²) in [6, 6.07) is 14.7. The Balaban J connectivity index is 1.46. The molecule has 0 saturated carbocycles. The Kier molecular flexibility index (Phi) is 5.69. The van der Waals surface area contributed by atoms with Crippen LogP contribution < -0.4 is 5.69 Å². The fourth-order valence-corrected chi connectivity index (χ4v) is 5.53. The van der Waals surface area contributed by atoms with Crippen LogP contribution in [0.2, 0.25) is 0 Å². The van der Waals surface area contributed by atoms with Crippen molar-refractivity contribution in [3.05, 3.63) is 70.4 Å². The first-order valence-electron chi connectivity index (χ1n) is 11.5. The van der Waals surface area contributed by atoms with Gasteiger partial charge >= 0.3 is 5.69 Å². The minimum atomic E-state index is -3.24. The van der Waals surface area contributed by atoms with Gasteiger partial charge in [0.15, 0.2) is 9.84 Å². The summed E-state index contributed by atoms with van der Waals surface area (Å²) in [6.07, 6.45) is 4.25. The van der Waals surface area contributed by atoms with E-state index in [0.29, 0.717) is 12.4 Å². The van der Waals surface area contributed by atoms with Crippen LogP contribution in [0.5, 0.6) is 0 Å². The van der Waals surface area contributed by atoms with E-state index in [1.54, 1.807) is 28.8 Å². The molecule has 2 aromatic heterocycles. The first kappa shape index (κ1) is 22.6. The first-order chi connectivity index (χ1) is 16.2. The molecular weight excluding hydrogens is 450 g/mol. The highest BCUT2D eigenvalue weighted by Gasteiger charge is 2.28. The number of hydrogen-bond acceptors (Lipinski definition) is 5. The summed E-state index contributed by atoms with van der Waals surface area (Å²) in [6.45, 7) is 3.52. The van der Waals surface area contributed by atoms with Crippen molar-refractivity contribution < 1.29 is 8.42 Å². The van der Waals surface area contributed by atoms with Gasteiger partial charge in [0.25, 0.3) is 0 Å². The number of nitrogens with one attached hydrogen (secondary N) is 1. The van der Waals surface area contributed by atoms with Crippen molar-refractivity contribution in [3.63, 3.8) is 0 Å². The van der Waals surface area contributed by atoms with Gasteiger partial charge in [-0.1, -0.05) is 12.1 Å². The maximum absolute atomic E-state index is 13.2. The zero-order chi connectivity index (χ0) is 24.0. The molecule has 8 nitrogen and oxygen atoms in total. The summed E-state index contributed by atoms with van der Waals surface area (Å²) in [5.41, 5.74) is 4.64. The smallest absolute Gasteiger partial charge is 0.330 e. The number of para-hydroxylation sites is 2. The lowest BCUT2D eigenvalue weighted by Gasteiger charge is -2.36. The third kappa shape index (κ3) is 3.99. The van der Waals surface area contributed by atoms with Crippen molar-refractivity contribution in [2.24, 2.45) is 7.05 Å². The summed E-state index contributed by atoms with van der Waals surface area (Å²) in [4.78, 5) is 24.0. The Hall–Kier alpha value is -3.17. The molecule has 0 bridgehead atoms. The third-order valence-electron chi connectivity index (χ3n) is 6.77. The van der Waals surface area contributed by atoms with Crippen molar-refractivity contribution in [3.8, 4) is 11.4 Å². The van der Waals surface area contributed by atoms with Gasteiger partial charge in [-0.25, -0.2) is 18.2 Å². The molecule has 0 radical (unpaired) electrons. The molecule has 1 unspecified atom stereocenters. The molecule has 9 heteroatoms. The average Bonchev–Trinajstić information content (AvgIpc) is 3.31. The van der Waals surface area contributed by atoms with Crippen molar-refractivity contribution in [1.82, 2.24) is 24.0 Å². The quantitative estimate of drug-likeness (QED) is 0.472. The van der Waals surface area contributed by atoms with Crippen LogP contribution in [0.4, 0.5) is 0 Å². The summed E-state index contributed by atoms with van der Waals surface area (Å²) in [5.74, 6) is 0.712. The average molecular weight is 480 g/mol. The molecule has 1 aliphatic heterocycles. The van der Waals surface area contributed by atoms with Gasteiger partial charge in [-0.05, 0) is 62.6 Å². The van der Waals surface area contributed by atoms with Gasteiger partial charge in [0.05, 0.1) is 27.8 Å². The Bertz CT molecular complexity index is 1510. The normalized spacial score (nSPS) is 17.4. The fourth-order valence-electron chi connectivity index (χ4n) is 4.90. The number of piperidine rings is 1. The highest BCUT2D eigenvalue weighted by atomic mass is 32.2. The Morgan fingerprint density at radius 3 is 2.47 bits per heavy atom. The second-order valence-electron chi connectivity index (χ2n) is 9.10. The van der Waals surface area contributed by atoms with Crippen LogP contribution in [0.15, 0.2) is 58.2 Å². The number of fused-ring (bicyclic) bond motifs is 1. The highest BCUT2D eigenvalue weighted by Crippen LogP contribution is 2.30. The largest absolute Gasteiger partial charge is 0.342 e. The van der Waals surface area contributed by atoms with Gasteiger partial charge in [-0.15, -0.1) is 0 Å². The fraction of sp³-hybridized carbons (Fsp3) is 0.360. The highest BCUT2D eigenvalue weighted by molar-refractivity contribution is 7.90. The number of hydrogen-bond donors (Lipinski definition) is 1. The molecule has 0 aliphatic carbocycles. The van der Waals surface area contributed by atoms with Gasteiger partial charge in [0, 0.05) is 37.7 Å². The summed E-state index contributed by atoms with van der Waals surface area (Å²) in [7, 11) is -1.41. The molecule has 4 aromatic rings. The number of aryl methyl sites for hydroxylation is 2. The molecule has 0 amide bonds. The molecule has 2 aromatic carbocycles. The predicted octanol–water partition coefficient (Wildman–Crippen LogP) is 3.63. The molecule has 0 spiro atoms. The van der Waals surface area contributed by atoms with Gasteiger partial charge in [0.2, 0.25) is 0 Å². The van der Waals surface area contributed by atoms with Crippen LogP contribution >= 0.6 is 0 Å². The number of H-pyrrole nitrogens is 1. The Labute approximate surface area is 198 Å². The van der Waals surface area contributed by atoms with Crippen LogP contribution in [0.1, 0.15) is 36.8 Å². The second kappa shape index (κ2) is 8.56. The first-order valence-corrected chi connectivity index (χ1v) is 13.4. The zero-order valence-electron chi connectivity index (χ0n) is 19.7. The molecular formula is C25H29N5O3S. The van der Waals surface area contributed by atoms with E-state index < -0.39 is 9.84 Å². The van der Waals surface area contributed by atoms with E-state index in [-0.39, 0.29) is 16.8 Å². The van der Waals surface area contributed by atoms with E-state index in [9.17, 15) is 13.2 Å². The van der Waals surface area contributed by atoms with Crippen LogP contribution in [0.25, 0.3) is 22.4 Å². The lowest BCUT2D eigenvalue weighted by molar-refractivity contribution is 0.0862. The maximum Gasteiger partial charge on any atom is 0.330 e. The summed E-state index contributed by atoms with van der Waals surface area (Å²) < 4.78 is 27.2. The van der Waals surface area contributed by atoms with Gasteiger partial charge < -0.3 is 4.98 Å². The molecule has 178 valence electrons. The Morgan fingerprint density at radius 1 is 1.06 bits per heavy atom. The van der Waals surface area contributed by atoms with Crippen LogP contribution in [-0.4, -0.2) is 45.2 Å². The molecule has 3 heterocycles. The van der Waals surface area contributed by atoms with Crippen molar-refractivity contribution in [2.75, 3.05) is 12.8 Å². The number of rotatable bonds is 5. The molecule has 1 atom stereocenters. The molecule has 1 aliphatic rings. The number of benzene rings is 2. The molecule has 34 heavy (non-hydrogen) atoms. The van der Waals surface area contributed by atoms with Gasteiger partial charge in [-0.2, -0.15) is 0 Å². The second-order valence-corrected chi connectivity index (χ2v) is 11.1. The van der Waals surface area contributed by atoms with E-state index in [1.807, 2.05) is 42.8 Å². The minimum absolute atomic E-state index is 0.00325. The van der Waals surface area contributed by atoms with Crippen LogP contribution in [0, 0.1) is 6.92 Å². The van der Waals surface area contributed by atoms with Crippen molar-refractivity contribution in [1.29, 1.82) is 0 Å². The number of sulfone groups is 1. The van der Waals surface area contributed by atoms with Crippen LogP contribution in [0.3, 0.4) is 0 Å². The monoisotopic (exact) mass is 479 g/mol. The van der Waals surface area contributed by atoms with Gasteiger partial charge in [0.1, 0.15) is 5.82 Å². The van der Waals surface area contributed by atoms with E-state index in [4.69, 9.17) is 4.98 Å². The maximum atomic E-state index is 13.2. The topological polar surface area (TPSA) is 93.0 Å². The number of imidazole rings is 2. The van der Waals surface area contributed by atoms with E-state index in [1.165, 1.54) is 6.26 Å². The van der Waals surface area contributed by atoms with Crippen LogP contribution in [-0.2, 0) is 23.4 Å². The molecule has 5 rings (SSSR count). The lowest BCUT2D eigenvalue weighted by Crippen LogP contribution is -2.40. The number of aromatic amines is 1. The molecule has 1 saturated heterocycles. The van der Waals surface area contributed by atoms with Crippen molar-refractivity contribution >= 4 is 20.9 Å². The van der Waals surface area contributed by atoms with Crippen molar-refractivity contribution in [2.45, 2.75) is 43.8 Å². The van der Waals surface area contributed by atoms with Gasteiger partial charge in [-0.3, -0.25) is 14.0 Å². The number of nitrogens with zero attached hydrogens (tertiary/aromatic N) is 4. The SMILES string of the molecule is Cc1[nH]c(-c2ccc(S(C)(=O)=O)cc2)nc1CN1CCCCC1n1c(=O)n(C)c2ccccc21. The summed E-state index contributed by atoms with van der Waals surface area (Å²) >= 11 is 0. The zero-order valence-corrected chi connectivity index (χ0v) is 20.5. The van der Waals surface area contributed by atoms with E-state index in [0.717, 1.165) is 53.8 Å².